The number of carbonyl (C=O) groups is 1. The van der Waals surface area contributed by atoms with Crippen molar-refractivity contribution in [3.8, 4) is 0 Å². The highest BCUT2D eigenvalue weighted by Crippen LogP contribution is 2.60. The number of hydrogen-bond donors (Lipinski definition) is 0. The number of thiophene rings is 1. The third-order valence-electron chi connectivity index (χ3n) is 5.88. The summed E-state index contributed by atoms with van der Waals surface area (Å²) in [5.41, 5.74) is 0. The van der Waals surface area contributed by atoms with Gasteiger partial charge in [0.2, 0.25) is 5.91 Å². The first kappa shape index (κ1) is 15.1. The van der Waals surface area contributed by atoms with E-state index in [0.29, 0.717) is 16.4 Å². The Hall–Kier alpha value is -0.480. The number of nitrogens with zero attached hydrogens (tertiary/aromatic N) is 1. The summed E-state index contributed by atoms with van der Waals surface area (Å²) < 4.78 is 0.453. The number of rotatable bonds is 5. The average molecular weight is 336 g/mol. The van der Waals surface area contributed by atoms with Crippen molar-refractivity contribution >= 4 is 29.0 Å². The summed E-state index contributed by atoms with van der Waals surface area (Å²) in [6.45, 7) is 0.762. The number of carbonyl (C=O) groups excluding carboxylic acids is 1. The molecule has 4 saturated carbocycles. The topological polar surface area (TPSA) is 20.3 Å². The molecule has 4 fully saturated rings. The van der Waals surface area contributed by atoms with E-state index in [9.17, 15) is 4.79 Å². The van der Waals surface area contributed by atoms with Crippen LogP contribution in [-0.2, 0) is 11.3 Å². The van der Waals surface area contributed by atoms with Gasteiger partial charge in [-0.15, -0.1) is 23.1 Å². The van der Waals surface area contributed by atoms with Gasteiger partial charge < -0.3 is 4.90 Å². The summed E-state index contributed by atoms with van der Waals surface area (Å²) in [4.78, 5) is 15.6. The Balaban J connectivity index is 1.33. The van der Waals surface area contributed by atoms with Crippen molar-refractivity contribution in [2.45, 2.75) is 49.8 Å². The highest BCUT2D eigenvalue weighted by molar-refractivity contribution is 8.01. The zero-order valence-electron chi connectivity index (χ0n) is 13.3. The molecule has 0 radical (unpaired) electrons. The van der Waals surface area contributed by atoms with Gasteiger partial charge in [-0.3, -0.25) is 4.79 Å². The van der Waals surface area contributed by atoms with E-state index in [1.54, 1.807) is 11.3 Å². The number of thioether (sulfide) groups is 1. The standard InChI is InChI=1S/C18H25NOS2/c1-19(11-16-3-2-4-21-16)17(20)12-22-18-8-13-5-14(9-18)7-15(6-13)10-18/h2-4,13-15H,5-12H2,1H3. The fourth-order valence-corrected chi connectivity index (χ4v) is 7.73. The third-order valence-corrected chi connectivity index (χ3v) is 8.25. The molecule has 5 rings (SSSR count). The quantitative estimate of drug-likeness (QED) is 0.794. The average Bonchev–Trinajstić information content (AvgIpc) is 2.96. The minimum absolute atomic E-state index is 0.300. The van der Waals surface area contributed by atoms with Gasteiger partial charge in [0.1, 0.15) is 0 Å². The van der Waals surface area contributed by atoms with Crippen LogP contribution in [0.3, 0.4) is 0 Å². The Kier molecular flexibility index (Phi) is 4.02. The van der Waals surface area contributed by atoms with Gasteiger partial charge in [-0.05, 0) is 67.7 Å². The monoisotopic (exact) mass is 335 g/mol. The van der Waals surface area contributed by atoms with Crippen molar-refractivity contribution in [3.05, 3.63) is 22.4 Å². The van der Waals surface area contributed by atoms with E-state index < -0.39 is 0 Å². The Morgan fingerprint density at radius 2 is 1.91 bits per heavy atom. The van der Waals surface area contributed by atoms with E-state index in [-0.39, 0.29) is 0 Å². The molecule has 120 valence electrons. The molecule has 4 heteroatoms. The molecule has 0 spiro atoms. The van der Waals surface area contributed by atoms with E-state index in [4.69, 9.17) is 0 Å². The minimum Gasteiger partial charge on any atom is -0.340 e. The van der Waals surface area contributed by atoms with Crippen molar-refractivity contribution in [1.29, 1.82) is 0 Å². The first-order valence-electron chi connectivity index (χ1n) is 8.52. The van der Waals surface area contributed by atoms with Crippen LogP contribution < -0.4 is 0 Å². The second-order valence-electron chi connectivity index (χ2n) is 7.72. The second kappa shape index (κ2) is 5.86. The van der Waals surface area contributed by atoms with E-state index in [1.807, 2.05) is 23.7 Å². The summed E-state index contributed by atoms with van der Waals surface area (Å²) >= 11 is 3.73. The van der Waals surface area contributed by atoms with Gasteiger partial charge in [0.25, 0.3) is 0 Å². The van der Waals surface area contributed by atoms with Crippen molar-refractivity contribution in [1.82, 2.24) is 4.90 Å². The van der Waals surface area contributed by atoms with Crippen LogP contribution in [0.15, 0.2) is 17.5 Å². The van der Waals surface area contributed by atoms with Crippen molar-refractivity contribution < 1.29 is 4.79 Å². The van der Waals surface area contributed by atoms with Crippen LogP contribution in [0, 0.1) is 17.8 Å². The fourth-order valence-electron chi connectivity index (χ4n) is 5.26. The van der Waals surface area contributed by atoms with Crippen LogP contribution in [0.1, 0.15) is 43.4 Å². The van der Waals surface area contributed by atoms with E-state index >= 15 is 0 Å². The molecule has 1 aromatic rings. The number of hydrogen-bond acceptors (Lipinski definition) is 3. The lowest BCUT2D eigenvalue weighted by atomic mass is 9.56. The lowest BCUT2D eigenvalue weighted by Crippen LogP contribution is -2.49. The Morgan fingerprint density at radius 1 is 1.27 bits per heavy atom. The summed E-state index contributed by atoms with van der Waals surface area (Å²) in [5.74, 6) is 3.89. The molecule has 0 aromatic carbocycles. The molecule has 4 aliphatic carbocycles. The van der Waals surface area contributed by atoms with Crippen LogP contribution in [-0.4, -0.2) is 28.4 Å². The van der Waals surface area contributed by atoms with Gasteiger partial charge in [0.15, 0.2) is 0 Å². The van der Waals surface area contributed by atoms with Crippen molar-refractivity contribution in [2.75, 3.05) is 12.8 Å². The fraction of sp³-hybridized carbons (Fsp3) is 0.722. The molecule has 0 N–H and O–H groups in total. The van der Waals surface area contributed by atoms with Gasteiger partial charge >= 0.3 is 0 Å². The first-order chi connectivity index (χ1) is 10.6. The lowest BCUT2D eigenvalue weighted by molar-refractivity contribution is -0.127. The van der Waals surface area contributed by atoms with Crippen LogP contribution in [0.2, 0.25) is 0 Å². The molecule has 4 aliphatic rings. The van der Waals surface area contributed by atoms with Crippen LogP contribution >= 0.6 is 23.1 Å². The molecule has 1 heterocycles. The van der Waals surface area contributed by atoms with Crippen LogP contribution in [0.4, 0.5) is 0 Å². The predicted octanol–water partition coefficient (Wildman–Crippen LogP) is 4.41. The Bertz CT molecular complexity index is 504. The molecule has 4 bridgehead atoms. The van der Waals surface area contributed by atoms with Crippen LogP contribution in [0.5, 0.6) is 0 Å². The first-order valence-corrected chi connectivity index (χ1v) is 10.4. The maximum Gasteiger partial charge on any atom is 0.232 e. The highest BCUT2D eigenvalue weighted by Gasteiger charge is 2.51. The zero-order valence-corrected chi connectivity index (χ0v) is 14.9. The Labute approximate surface area is 141 Å². The molecule has 0 unspecified atom stereocenters. The molecule has 0 atom stereocenters. The van der Waals surface area contributed by atoms with Crippen LogP contribution in [0.25, 0.3) is 0 Å². The summed E-state index contributed by atoms with van der Waals surface area (Å²) in [5, 5.41) is 2.08. The van der Waals surface area contributed by atoms with E-state index in [2.05, 4.69) is 17.5 Å². The largest absolute Gasteiger partial charge is 0.340 e. The summed E-state index contributed by atoms with van der Waals surface area (Å²) in [7, 11) is 1.95. The maximum absolute atomic E-state index is 12.5. The molecule has 1 aromatic heterocycles. The molecule has 0 aliphatic heterocycles. The Morgan fingerprint density at radius 3 is 2.45 bits per heavy atom. The molecule has 22 heavy (non-hydrogen) atoms. The molecular weight excluding hydrogens is 310 g/mol. The van der Waals surface area contributed by atoms with Gasteiger partial charge in [0.05, 0.1) is 12.3 Å². The third kappa shape index (κ3) is 2.96. The van der Waals surface area contributed by atoms with E-state index in [1.165, 1.54) is 43.4 Å². The van der Waals surface area contributed by atoms with Gasteiger partial charge in [-0.25, -0.2) is 0 Å². The predicted molar refractivity (Wildman–Crippen MR) is 94.2 cm³/mol. The van der Waals surface area contributed by atoms with Crippen molar-refractivity contribution in [3.63, 3.8) is 0 Å². The molecular formula is C18H25NOS2. The second-order valence-corrected chi connectivity index (χ2v) is 10.2. The summed E-state index contributed by atoms with van der Waals surface area (Å²) in [6.07, 6.45) is 8.58. The molecule has 1 amide bonds. The summed E-state index contributed by atoms with van der Waals surface area (Å²) in [6, 6.07) is 4.17. The van der Waals surface area contributed by atoms with Gasteiger partial charge in [0, 0.05) is 16.7 Å². The van der Waals surface area contributed by atoms with Gasteiger partial charge in [-0.2, -0.15) is 0 Å². The van der Waals surface area contributed by atoms with Crippen molar-refractivity contribution in [2.24, 2.45) is 17.8 Å². The highest BCUT2D eigenvalue weighted by atomic mass is 32.2. The SMILES string of the molecule is CN(Cc1cccs1)C(=O)CSC12CC3CC(CC(C3)C1)C2. The number of amides is 1. The van der Waals surface area contributed by atoms with E-state index in [0.717, 1.165) is 24.3 Å². The molecule has 0 saturated heterocycles. The molecule has 2 nitrogen and oxygen atoms in total. The normalized spacial score (nSPS) is 35.8. The smallest absolute Gasteiger partial charge is 0.232 e. The maximum atomic E-state index is 12.5. The van der Waals surface area contributed by atoms with Gasteiger partial charge in [-0.1, -0.05) is 6.07 Å². The minimum atomic E-state index is 0.300. The lowest BCUT2D eigenvalue weighted by Gasteiger charge is -2.56. The zero-order chi connectivity index (χ0) is 15.2.